The first-order valence-corrected chi connectivity index (χ1v) is 7.35. The number of anilines is 1. The summed E-state index contributed by atoms with van der Waals surface area (Å²) >= 11 is 0. The number of benzene rings is 1. The third kappa shape index (κ3) is 3.91. The van der Waals surface area contributed by atoms with Crippen LogP contribution in [0.2, 0.25) is 0 Å². The molecule has 124 valence electrons. The molecule has 0 unspecified atom stereocenters. The largest absolute Gasteiger partial charge is 0.508 e. The molecule has 1 amide bonds. The number of hydrogen-bond acceptors (Lipinski definition) is 5. The van der Waals surface area contributed by atoms with Crippen LogP contribution in [0.5, 0.6) is 11.5 Å². The predicted octanol–water partition coefficient (Wildman–Crippen LogP) is 2.24. The molecular weight excluding hydrogens is 298 g/mol. The van der Waals surface area contributed by atoms with Gasteiger partial charge in [-0.15, -0.1) is 0 Å². The Labute approximate surface area is 134 Å². The van der Waals surface area contributed by atoms with Crippen molar-refractivity contribution in [2.75, 3.05) is 12.4 Å². The van der Waals surface area contributed by atoms with Gasteiger partial charge in [-0.2, -0.15) is 0 Å². The van der Waals surface area contributed by atoms with Crippen LogP contribution in [-0.4, -0.2) is 34.4 Å². The molecule has 1 aromatic rings. The summed E-state index contributed by atoms with van der Waals surface area (Å²) in [6, 6.07) is 2.66. The highest BCUT2D eigenvalue weighted by atomic mass is 16.5. The quantitative estimate of drug-likeness (QED) is 0.470. The maximum atomic E-state index is 12.2. The number of phenolic OH excluding ortho intramolecular Hbond substituents is 2. The fraction of sp³-hybridized carbons (Fsp3) is 0.353. The lowest BCUT2D eigenvalue weighted by molar-refractivity contribution is -0.121. The molecular formula is C17H21NO5. The zero-order chi connectivity index (χ0) is 17.0. The van der Waals surface area contributed by atoms with Gasteiger partial charge in [-0.05, 0) is 12.5 Å². The van der Waals surface area contributed by atoms with E-state index in [-0.39, 0.29) is 17.2 Å². The van der Waals surface area contributed by atoms with E-state index < -0.39 is 24.0 Å². The second-order valence-corrected chi connectivity index (χ2v) is 5.47. The summed E-state index contributed by atoms with van der Waals surface area (Å²) in [5.41, 5.74) is 0.460. The first-order valence-electron chi connectivity index (χ1n) is 7.35. The smallest absolute Gasteiger partial charge is 0.230 e. The predicted molar refractivity (Wildman–Crippen MR) is 86.2 cm³/mol. The van der Waals surface area contributed by atoms with Crippen LogP contribution in [0.25, 0.3) is 0 Å². The lowest BCUT2D eigenvalue weighted by Crippen LogP contribution is -2.29. The van der Waals surface area contributed by atoms with Gasteiger partial charge in [-0.1, -0.05) is 31.2 Å². The number of methoxy groups -OCH3 is 1. The van der Waals surface area contributed by atoms with E-state index in [1.165, 1.54) is 25.3 Å². The monoisotopic (exact) mass is 319 g/mol. The molecule has 2 rings (SSSR count). The zero-order valence-corrected chi connectivity index (χ0v) is 13.1. The molecule has 1 aliphatic rings. The molecule has 0 saturated heterocycles. The van der Waals surface area contributed by atoms with Gasteiger partial charge < -0.3 is 25.4 Å². The number of fused-ring (bicyclic) bond motifs is 2. The fourth-order valence-corrected chi connectivity index (χ4v) is 2.36. The minimum Gasteiger partial charge on any atom is -0.508 e. The van der Waals surface area contributed by atoms with Crippen LogP contribution in [0.4, 0.5) is 5.69 Å². The Morgan fingerprint density at radius 1 is 1.26 bits per heavy atom. The topological polar surface area (TPSA) is 99.0 Å². The van der Waals surface area contributed by atoms with Crippen molar-refractivity contribution < 1.29 is 24.9 Å². The molecule has 0 aromatic heterocycles. The molecule has 6 heteroatoms. The second kappa shape index (κ2) is 7.30. The van der Waals surface area contributed by atoms with Crippen LogP contribution in [-0.2, 0) is 9.53 Å². The third-order valence-electron chi connectivity index (χ3n) is 3.84. The van der Waals surface area contributed by atoms with Crippen molar-refractivity contribution in [2.24, 2.45) is 5.92 Å². The maximum Gasteiger partial charge on any atom is 0.230 e. The average molecular weight is 319 g/mol. The van der Waals surface area contributed by atoms with Gasteiger partial charge in [0, 0.05) is 18.7 Å². The highest BCUT2D eigenvalue weighted by molar-refractivity contribution is 5.94. The van der Waals surface area contributed by atoms with E-state index in [9.17, 15) is 20.1 Å². The number of amides is 1. The van der Waals surface area contributed by atoms with Crippen LogP contribution in [0.15, 0.2) is 36.4 Å². The normalized spacial score (nSPS) is 28.0. The molecule has 3 atom stereocenters. The first-order chi connectivity index (χ1) is 10.9. The number of nitrogens with one attached hydrogen (secondary N) is 1. The molecule has 1 heterocycles. The minimum atomic E-state index is -0.961. The summed E-state index contributed by atoms with van der Waals surface area (Å²) in [4.78, 5) is 12.2. The highest BCUT2D eigenvalue weighted by Gasteiger charge is 2.24. The van der Waals surface area contributed by atoms with Crippen LogP contribution in [0.3, 0.4) is 0 Å². The summed E-state index contributed by atoms with van der Waals surface area (Å²) < 4.78 is 5.36. The van der Waals surface area contributed by atoms with E-state index in [2.05, 4.69) is 5.32 Å². The Kier molecular flexibility index (Phi) is 5.41. The third-order valence-corrected chi connectivity index (χ3v) is 3.84. The van der Waals surface area contributed by atoms with Crippen LogP contribution in [0.1, 0.15) is 25.0 Å². The number of ether oxygens (including phenoxy) is 1. The fourth-order valence-electron chi connectivity index (χ4n) is 2.36. The van der Waals surface area contributed by atoms with Crippen LogP contribution >= 0.6 is 0 Å². The van der Waals surface area contributed by atoms with E-state index in [1.807, 2.05) is 6.08 Å². The SMILES string of the molecule is CO[C@@H]1C/C=C/C=C/[C@@H](O)[C@H](C)C(=O)Nc2cc(O)cc1c2O. The molecule has 0 saturated carbocycles. The summed E-state index contributed by atoms with van der Waals surface area (Å²) in [6.07, 6.45) is 5.75. The van der Waals surface area contributed by atoms with Crippen molar-refractivity contribution in [1.82, 2.24) is 0 Å². The molecule has 0 radical (unpaired) electrons. The number of allylic oxidation sites excluding steroid dienone is 2. The number of aromatic hydroxyl groups is 2. The summed E-state index contributed by atoms with van der Waals surface area (Å²) in [6.45, 7) is 1.58. The molecule has 0 spiro atoms. The lowest BCUT2D eigenvalue weighted by Gasteiger charge is -2.20. The lowest BCUT2D eigenvalue weighted by atomic mass is 10.0. The Balaban J connectivity index is 2.50. The Bertz CT molecular complexity index is 638. The van der Waals surface area contributed by atoms with Crippen molar-refractivity contribution in [3.05, 3.63) is 42.0 Å². The number of aliphatic hydroxyl groups is 1. The number of carbonyl (C=O) groups is 1. The molecule has 0 aliphatic carbocycles. The van der Waals surface area contributed by atoms with Crippen molar-refractivity contribution in [1.29, 1.82) is 0 Å². The molecule has 1 aliphatic heterocycles. The zero-order valence-electron chi connectivity index (χ0n) is 13.1. The molecule has 6 nitrogen and oxygen atoms in total. The molecule has 0 fully saturated rings. The first kappa shape index (κ1) is 17.1. The van der Waals surface area contributed by atoms with Crippen molar-refractivity contribution in [3.63, 3.8) is 0 Å². The van der Waals surface area contributed by atoms with E-state index in [4.69, 9.17) is 4.74 Å². The van der Waals surface area contributed by atoms with Gasteiger partial charge in [0.2, 0.25) is 5.91 Å². The van der Waals surface area contributed by atoms with Gasteiger partial charge in [0.15, 0.2) is 0 Å². The van der Waals surface area contributed by atoms with Crippen molar-refractivity contribution >= 4 is 11.6 Å². The van der Waals surface area contributed by atoms with Crippen molar-refractivity contribution in [2.45, 2.75) is 25.6 Å². The van der Waals surface area contributed by atoms with Gasteiger partial charge in [-0.3, -0.25) is 4.79 Å². The van der Waals surface area contributed by atoms with Crippen LogP contribution in [0, 0.1) is 5.92 Å². The molecule has 1 aromatic carbocycles. The van der Waals surface area contributed by atoms with Crippen molar-refractivity contribution in [3.8, 4) is 11.5 Å². The standard InChI is InChI=1S/C17H21NO5/c1-10-14(20)6-4-3-5-7-15(23-2)12-8-11(19)9-13(16(12)21)18-17(10)22/h3-6,8-10,14-15,19-21H,7H2,1-2H3,(H,18,22)/b5-3+,6-4+/t10-,14+,15+/m0/s1. The summed E-state index contributed by atoms with van der Waals surface area (Å²) in [7, 11) is 1.50. The van der Waals surface area contributed by atoms with Gasteiger partial charge in [0.05, 0.1) is 23.8 Å². The van der Waals surface area contributed by atoms with Gasteiger partial charge in [-0.25, -0.2) is 0 Å². The number of aliphatic hydroxyl groups excluding tert-OH is 1. The number of hydrogen-bond donors (Lipinski definition) is 4. The van der Waals surface area contributed by atoms with E-state index >= 15 is 0 Å². The molecule has 2 bridgehead atoms. The second-order valence-electron chi connectivity index (χ2n) is 5.47. The number of carbonyl (C=O) groups excluding carboxylic acids is 1. The molecule has 23 heavy (non-hydrogen) atoms. The Morgan fingerprint density at radius 2 is 2.00 bits per heavy atom. The van der Waals surface area contributed by atoms with Gasteiger partial charge >= 0.3 is 0 Å². The van der Waals surface area contributed by atoms with E-state index in [0.29, 0.717) is 12.0 Å². The van der Waals surface area contributed by atoms with Crippen LogP contribution < -0.4 is 5.32 Å². The Hall–Kier alpha value is -2.31. The highest BCUT2D eigenvalue weighted by Crippen LogP contribution is 2.38. The van der Waals surface area contributed by atoms with Gasteiger partial charge in [0.25, 0.3) is 0 Å². The summed E-state index contributed by atoms with van der Waals surface area (Å²) in [5.74, 6) is -1.44. The van der Waals surface area contributed by atoms with Gasteiger partial charge in [0.1, 0.15) is 11.5 Å². The minimum absolute atomic E-state index is 0.0818. The molecule has 4 N–H and O–H groups in total. The van der Waals surface area contributed by atoms with E-state index in [0.717, 1.165) is 0 Å². The summed E-state index contributed by atoms with van der Waals surface area (Å²) in [5, 5.41) is 32.8. The van der Waals surface area contributed by atoms with E-state index in [1.54, 1.807) is 19.1 Å². The average Bonchev–Trinajstić information content (AvgIpc) is 2.52. The maximum absolute atomic E-state index is 12.2. The number of rotatable bonds is 1. The Morgan fingerprint density at radius 3 is 2.70 bits per heavy atom. The number of phenols is 2.